The van der Waals surface area contributed by atoms with Crippen LogP contribution < -0.4 is 4.72 Å². The van der Waals surface area contributed by atoms with Gasteiger partial charge in [-0.05, 0) is 24.5 Å². The number of thiophene rings is 1. The molecule has 0 radical (unpaired) electrons. The Hall–Kier alpha value is -1.25. The lowest BCUT2D eigenvalue weighted by Crippen LogP contribution is -2.41. The van der Waals surface area contributed by atoms with Crippen molar-refractivity contribution in [3.63, 3.8) is 0 Å². The fourth-order valence-corrected chi connectivity index (χ4v) is 4.54. The molecule has 1 N–H and O–H groups in total. The Balaban J connectivity index is 2.15. The van der Waals surface area contributed by atoms with Crippen LogP contribution in [-0.4, -0.2) is 29.5 Å². The van der Waals surface area contributed by atoms with Gasteiger partial charge in [0.2, 0.25) is 10.0 Å². The number of nitrogens with one attached hydrogen (secondary N) is 1. The smallest absolute Gasteiger partial charge is 0.206 e. The lowest BCUT2D eigenvalue weighted by atomic mass is 10.1. The minimum Gasteiger partial charge on any atom is -0.206 e. The molecule has 116 valence electrons. The highest BCUT2D eigenvalue weighted by molar-refractivity contribution is 7.91. The van der Waals surface area contributed by atoms with Crippen LogP contribution in [0.4, 0.5) is 0 Å². The minimum absolute atomic E-state index is 0.136. The van der Waals surface area contributed by atoms with Crippen LogP contribution in [0.5, 0.6) is 0 Å². The predicted octanol–water partition coefficient (Wildman–Crippen LogP) is 1.91. The molecular formula is C13H20N4O2S2. The minimum atomic E-state index is -3.50. The Labute approximate surface area is 129 Å². The van der Waals surface area contributed by atoms with E-state index in [0.717, 1.165) is 11.3 Å². The molecule has 0 aliphatic heterocycles. The predicted molar refractivity (Wildman–Crippen MR) is 82.7 cm³/mol. The number of rotatable bonds is 7. The van der Waals surface area contributed by atoms with Crippen molar-refractivity contribution in [1.29, 1.82) is 0 Å². The van der Waals surface area contributed by atoms with E-state index in [0.29, 0.717) is 10.8 Å². The highest BCUT2D eigenvalue weighted by atomic mass is 32.2. The van der Waals surface area contributed by atoms with Crippen molar-refractivity contribution in [2.45, 2.75) is 44.0 Å². The maximum atomic E-state index is 12.5. The van der Waals surface area contributed by atoms with Crippen molar-refractivity contribution in [2.75, 3.05) is 0 Å². The first-order valence-electron chi connectivity index (χ1n) is 6.87. The van der Waals surface area contributed by atoms with E-state index < -0.39 is 10.0 Å². The summed E-state index contributed by atoms with van der Waals surface area (Å²) in [5.41, 5.74) is 0. The molecule has 2 heterocycles. The molecule has 0 fully saturated rings. The number of hydrogen-bond acceptors (Lipinski definition) is 5. The monoisotopic (exact) mass is 328 g/mol. The first-order chi connectivity index (χ1) is 9.92. The third kappa shape index (κ3) is 4.12. The third-order valence-corrected chi connectivity index (χ3v) is 6.40. The van der Waals surface area contributed by atoms with E-state index in [1.54, 1.807) is 18.5 Å². The molecule has 0 aliphatic carbocycles. The van der Waals surface area contributed by atoms with E-state index in [1.807, 2.05) is 26.8 Å². The Morgan fingerprint density at radius 1 is 1.29 bits per heavy atom. The van der Waals surface area contributed by atoms with Crippen molar-refractivity contribution in [3.8, 4) is 0 Å². The number of hydrogen-bond donors (Lipinski definition) is 1. The summed E-state index contributed by atoms with van der Waals surface area (Å²) in [6.07, 6.45) is 4.00. The molecule has 0 amide bonds. The van der Waals surface area contributed by atoms with Gasteiger partial charge in [-0.15, -0.1) is 11.3 Å². The SMILES string of the molecule is CCc1ccc(S(=O)(=O)NC(Cn2nccn2)C(C)C)s1. The summed E-state index contributed by atoms with van der Waals surface area (Å²) in [6.45, 7) is 6.37. The molecule has 2 rings (SSSR count). The van der Waals surface area contributed by atoms with Gasteiger partial charge < -0.3 is 0 Å². The summed E-state index contributed by atoms with van der Waals surface area (Å²) in [6, 6.07) is 3.27. The fraction of sp³-hybridized carbons (Fsp3) is 0.538. The molecule has 2 aromatic rings. The topological polar surface area (TPSA) is 76.9 Å². The van der Waals surface area contributed by atoms with Gasteiger partial charge in [-0.2, -0.15) is 15.0 Å². The summed E-state index contributed by atoms with van der Waals surface area (Å²) in [5, 5.41) is 8.06. The van der Waals surface area contributed by atoms with Crippen LogP contribution >= 0.6 is 11.3 Å². The molecule has 0 spiro atoms. The van der Waals surface area contributed by atoms with Gasteiger partial charge in [0.1, 0.15) is 4.21 Å². The third-order valence-electron chi connectivity index (χ3n) is 3.19. The van der Waals surface area contributed by atoms with Crippen molar-refractivity contribution in [1.82, 2.24) is 19.7 Å². The second kappa shape index (κ2) is 6.67. The van der Waals surface area contributed by atoms with Gasteiger partial charge in [0.25, 0.3) is 0 Å². The normalized spacial score (nSPS) is 13.7. The van der Waals surface area contributed by atoms with Gasteiger partial charge in [-0.3, -0.25) is 0 Å². The molecule has 1 atom stereocenters. The Morgan fingerprint density at radius 2 is 1.95 bits per heavy atom. The zero-order valence-electron chi connectivity index (χ0n) is 12.4. The molecule has 2 aromatic heterocycles. The number of sulfonamides is 1. The fourth-order valence-electron chi connectivity index (χ4n) is 1.85. The maximum absolute atomic E-state index is 12.5. The molecule has 0 bridgehead atoms. The highest BCUT2D eigenvalue weighted by Gasteiger charge is 2.24. The van der Waals surface area contributed by atoms with Crippen molar-refractivity contribution in [3.05, 3.63) is 29.4 Å². The van der Waals surface area contributed by atoms with Crippen LogP contribution in [0.2, 0.25) is 0 Å². The van der Waals surface area contributed by atoms with E-state index in [2.05, 4.69) is 14.9 Å². The summed E-state index contributed by atoms with van der Waals surface area (Å²) in [7, 11) is -3.50. The molecule has 0 saturated heterocycles. The highest BCUT2D eigenvalue weighted by Crippen LogP contribution is 2.22. The molecule has 6 nitrogen and oxygen atoms in total. The molecule has 0 aliphatic rings. The van der Waals surface area contributed by atoms with E-state index in [9.17, 15) is 8.42 Å². The summed E-state index contributed by atoms with van der Waals surface area (Å²) >= 11 is 1.31. The van der Waals surface area contributed by atoms with Crippen LogP contribution in [0.3, 0.4) is 0 Å². The largest absolute Gasteiger partial charge is 0.250 e. The van der Waals surface area contributed by atoms with Crippen LogP contribution in [-0.2, 0) is 23.0 Å². The summed E-state index contributed by atoms with van der Waals surface area (Å²) in [5.74, 6) is 0.136. The average Bonchev–Trinajstić information content (AvgIpc) is 3.08. The van der Waals surface area contributed by atoms with Gasteiger partial charge in [-0.25, -0.2) is 13.1 Å². The van der Waals surface area contributed by atoms with Crippen LogP contribution in [0.25, 0.3) is 0 Å². The van der Waals surface area contributed by atoms with E-state index in [1.165, 1.54) is 16.1 Å². The van der Waals surface area contributed by atoms with Crippen molar-refractivity contribution in [2.24, 2.45) is 5.92 Å². The molecular weight excluding hydrogens is 308 g/mol. The van der Waals surface area contributed by atoms with Gasteiger partial charge in [0, 0.05) is 10.9 Å². The Kier molecular flexibility index (Phi) is 5.13. The van der Waals surface area contributed by atoms with Crippen molar-refractivity contribution >= 4 is 21.4 Å². The van der Waals surface area contributed by atoms with E-state index in [4.69, 9.17) is 0 Å². The molecule has 21 heavy (non-hydrogen) atoms. The van der Waals surface area contributed by atoms with E-state index >= 15 is 0 Å². The van der Waals surface area contributed by atoms with E-state index in [-0.39, 0.29) is 12.0 Å². The first kappa shape index (κ1) is 16.1. The Bertz CT molecular complexity index is 662. The molecule has 1 unspecified atom stereocenters. The maximum Gasteiger partial charge on any atom is 0.250 e. The second-order valence-corrected chi connectivity index (χ2v) is 8.24. The van der Waals surface area contributed by atoms with Gasteiger partial charge in [-0.1, -0.05) is 20.8 Å². The van der Waals surface area contributed by atoms with Crippen LogP contribution in [0.1, 0.15) is 25.6 Å². The molecule has 0 saturated carbocycles. The standard InChI is InChI=1S/C13H20N4O2S2/c1-4-11-5-6-13(20-11)21(18,19)16-12(10(2)3)9-17-14-7-8-15-17/h5-8,10,12,16H,4,9H2,1-3H3. The first-order valence-corrected chi connectivity index (χ1v) is 9.17. The molecule has 0 aromatic carbocycles. The average molecular weight is 328 g/mol. The summed E-state index contributed by atoms with van der Waals surface area (Å²) < 4.78 is 28.0. The Morgan fingerprint density at radius 3 is 2.48 bits per heavy atom. The quantitative estimate of drug-likeness (QED) is 0.842. The number of aryl methyl sites for hydroxylation is 1. The van der Waals surface area contributed by atoms with Crippen LogP contribution in [0, 0.1) is 5.92 Å². The zero-order chi connectivity index (χ0) is 15.5. The van der Waals surface area contributed by atoms with Gasteiger partial charge in [0.05, 0.1) is 18.9 Å². The van der Waals surface area contributed by atoms with Gasteiger partial charge in [0.15, 0.2) is 0 Å². The lowest BCUT2D eigenvalue weighted by molar-refractivity contribution is 0.361. The number of nitrogens with zero attached hydrogens (tertiary/aromatic N) is 3. The van der Waals surface area contributed by atoms with Crippen molar-refractivity contribution < 1.29 is 8.42 Å². The molecule has 8 heteroatoms. The van der Waals surface area contributed by atoms with Crippen LogP contribution in [0.15, 0.2) is 28.7 Å². The number of aromatic nitrogens is 3. The summed E-state index contributed by atoms with van der Waals surface area (Å²) in [4.78, 5) is 2.56. The lowest BCUT2D eigenvalue weighted by Gasteiger charge is -2.21. The zero-order valence-corrected chi connectivity index (χ0v) is 14.0. The second-order valence-electron chi connectivity index (χ2n) is 5.13. The van der Waals surface area contributed by atoms with Gasteiger partial charge >= 0.3 is 0 Å².